The van der Waals surface area contributed by atoms with Gasteiger partial charge in [0.2, 0.25) is 17.7 Å². The Kier molecular flexibility index (Phi) is 6.80. The van der Waals surface area contributed by atoms with Crippen LogP contribution in [0.3, 0.4) is 0 Å². The highest BCUT2D eigenvalue weighted by molar-refractivity contribution is 6.07. The summed E-state index contributed by atoms with van der Waals surface area (Å²) in [7, 11) is 1.62. The van der Waals surface area contributed by atoms with E-state index in [0.717, 1.165) is 37.0 Å². The van der Waals surface area contributed by atoms with Crippen molar-refractivity contribution in [1.29, 1.82) is 0 Å². The predicted octanol–water partition coefficient (Wildman–Crippen LogP) is 1.77. The molecule has 0 aromatic heterocycles. The molecule has 1 N–H and O–H groups in total. The van der Waals surface area contributed by atoms with E-state index in [-0.39, 0.29) is 54.6 Å². The lowest BCUT2D eigenvalue weighted by atomic mass is 9.81. The number of methoxy groups -OCH3 is 1. The number of hydrogen-bond donors (Lipinski definition) is 1. The molecule has 0 radical (unpaired) electrons. The van der Waals surface area contributed by atoms with E-state index >= 15 is 0 Å². The maximum atomic E-state index is 13.1. The Balaban J connectivity index is 0.00000240. The van der Waals surface area contributed by atoms with Crippen LogP contribution in [0.15, 0.2) is 24.3 Å². The van der Waals surface area contributed by atoms with E-state index < -0.39 is 0 Å². The van der Waals surface area contributed by atoms with Gasteiger partial charge in [0.1, 0.15) is 12.3 Å². The van der Waals surface area contributed by atoms with E-state index in [9.17, 15) is 14.4 Å². The SMILES string of the molecule is COc1ccccc1C1CNCCN1C(=O)CN1C(=O)C2CCCCC2C1=O.Cl. The number of fused-ring (bicyclic) bond motifs is 1. The number of nitrogens with zero attached hydrogens (tertiary/aromatic N) is 2. The summed E-state index contributed by atoms with van der Waals surface area (Å²) in [6.45, 7) is 1.67. The van der Waals surface area contributed by atoms with E-state index in [0.29, 0.717) is 19.6 Å². The summed E-state index contributed by atoms with van der Waals surface area (Å²) in [5, 5.41) is 3.32. The molecule has 2 heterocycles. The number of carbonyl (C=O) groups is 3. The lowest BCUT2D eigenvalue weighted by Crippen LogP contribution is -2.52. The van der Waals surface area contributed by atoms with Crippen LogP contribution in [0.1, 0.15) is 37.3 Å². The number of carbonyl (C=O) groups excluding carboxylic acids is 3. The number of imide groups is 1. The smallest absolute Gasteiger partial charge is 0.243 e. The Morgan fingerprint density at radius 3 is 2.45 bits per heavy atom. The van der Waals surface area contributed by atoms with Crippen LogP contribution in [0.25, 0.3) is 0 Å². The summed E-state index contributed by atoms with van der Waals surface area (Å²) in [5.74, 6) is -0.214. The molecule has 2 saturated heterocycles. The summed E-state index contributed by atoms with van der Waals surface area (Å²) in [6.07, 6.45) is 3.49. The number of para-hydroxylation sites is 1. The Bertz CT molecular complexity index is 763. The third-order valence-corrected chi connectivity index (χ3v) is 6.29. The maximum absolute atomic E-state index is 13.1. The van der Waals surface area contributed by atoms with Gasteiger partial charge in [0.05, 0.1) is 25.0 Å². The van der Waals surface area contributed by atoms with Crippen LogP contribution in [0, 0.1) is 11.8 Å². The van der Waals surface area contributed by atoms with Gasteiger partial charge in [-0.1, -0.05) is 31.0 Å². The fourth-order valence-corrected chi connectivity index (χ4v) is 4.84. The van der Waals surface area contributed by atoms with Crippen molar-refractivity contribution in [1.82, 2.24) is 15.1 Å². The summed E-state index contributed by atoms with van der Waals surface area (Å²) >= 11 is 0. The van der Waals surface area contributed by atoms with Gasteiger partial charge in [0.15, 0.2) is 0 Å². The average molecular weight is 422 g/mol. The highest BCUT2D eigenvalue weighted by Gasteiger charge is 2.49. The molecule has 7 nitrogen and oxygen atoms in total. The monoisotopic (exact) mass is 421 g/mol. The first-order valence-electron chi connectivity index (χ1n) is 10.1. The molecule has 3 aliphatic rings. The first kappa shape index (κ1) is 21.6. The Hall–Kier alpha value is -2.12. The third kappa shape index (κ3) is 3.98. The average Bonchev–Trinajstić information content (AvgIpc) is 2.98. The first-order valence-corrected chi connectivity index (χ1v) is 10.1. The number of amides is 3. The van der Waals surface area contributed by atoms with Crippen molar-refractivity contribution in [2.45, 2.75) is 31.7 Å². The number of rotatable bonds is 4. The zero-order valence-electron chi connectivity index (χ0n) is 16.6. The third-order valence-electron chi connectivity index (χ3n) is 6.29. The van der Waals surface area contributed by atoms with Crippen molar-refractivity contribution in [3.63, 3.8) is 0 Å². The van der Waals surface area contributed by atoms with Gasteiger partial charge in [-0.2, -0.15) is 0 Å². The van der Waals surface area contributed by atoms with Crippen molar-refractivity contribution in [3.8, 4) is 5.75 Å². The molecule has 3 atom stereocenters. The molecular formula is C21H28ClN3O4. The molecule has 0 bridgehead atoms. The van der Waals surface area contributed by atoms with Crippen molar-refractivity contribution in [2.75, 3.05) is 33.3 Å². The number of halogens is 1. The number of piperazine rings is 1. The number of likely N-dealkylation sites (tertiary alicyclic amines) is 1. The summed E-state index contributed by atoms with van der Waals surface area (Å²) in [4.78, 5) is 41.6. The quantitative estimate of drug-likeness (QED) is 0.749. The Morgan fingerprint density at radius 2 is 1.79 bits per heavy atom. The Labute approximate surface area is 177 Å². The van der Waals surface area contributed by atoms with E-state index in [1.54, 1.807) is 12.0 Å². The zero-order valence-corrected chi connectivity index (χ0v) is 17.5. The van der Waals surface area contributed by atoms with Gasteiger partial charge in [-0.15, -0.1) is 12.4 Å². The molecular weight excluding hydrogens is 394 g/mol. The summed E-state index contributed by atoms with van der Waals surface area (Å²) in [5.41, 5.74) is 0.929. The lowest BCUT2D eigenvalue weighted by Gasteiger charge is -2.37. The van der Waals surface area contributed by atoms with Gasteiger partial charge in [-0.3, -0.25) is 19.3 Å². The lowest BCUT2D eigenvalue weighted by molar-refractivity contribution is -0.148. The second kappa shape index (κ2) is 9.13. The molecule has 2 aliphatic heterocycles. The molecule has 158 valence electrons. The van der Waals surface area contributed by atoms with Crippen molar-refractivity contribution in [3.05, 3.63) is 29.8 Å². The van der Waals surface area contributed by atoms with Gasteiger partial charge in [0.25, 0.3) is 0 Å². The maximum Gasteiger partial charge on any atom is 0.243 e. The van der Waals surface area contributed by atoms with E-state index in [2.05, 4.69) is 5.32 Å². The van der Waals surface area contributed by atoms with Crippen LogP contribution >= 0.6 is 12.4 Å². The van der Waals surface area contributed by atoms with Crippen LogP contribution in [-0.4, -0.2) is 60.8 Å². The standard InChI is InChI=1S/C21H27N3O4.ClH/c1-28-18-9-5-4-8-16(18)17-12-22-10-11-23(17)19(25)13-24-20(26)14-6-2-3-7-15(14)21(24)27;/h4-5,8-9,14-15,17,22H,2-3,6-7,10-13H2,1H3;1H. The van der Waals surface area contributed by atoms with Crippen molar-refractivity contribution >= 4 is 30.1 Å². The molecule has 0 spiro atoms. The largest absolute Gasteiger partial charge is 0.496 e. The number of benzene rings is 1. The van der Waals surface area contributed by atoms with Crippen LogP contribution in [-0.2, 0) is 14.4 Å². The van der Waals surface area contributed by atoms with E-state index in [4.69, 9.17) is 4.74 Å². The summed E-state index contributed by atoms with van der Waals surface area (Å²) in [6, 6.07) is 7.47. The normalized spacial score (nSPS) is 26.7. The van der Waals surface area contributed by atoms with E-state index in [1.807, 2.05) is 24.3 Å². The van der Waals surface area contributed by atoms with Crippen molar-refractivity contribution in [2.24, 2.45) is 11.8 Å². The summed E-state index contributed by atoms with van der Waals surface area (Å²) < 4.78 is 5.47. The fraction of sp³-hybridized carbons (Fsp3) is 0.571. The number of hydrogen-bond acceptors (Lipinski definition) is 5. The van der Waals surface area contributed by atoms with E-state index in [1.165, 1.54) is 4.90 Å². The minimum absolute atomic E-state index is 0. The van der Waals surface area contributed by atoms with Crippen molar-refractivity contribution < 1.29 is 19.1 Å². The molecule has 1 aromatic carbocycles. The molecule has 1 aromatic rings. The highest BCUT2D eigenvalue weighted by atomic mass is 35.5. The van der Waals surface area contributed by atoms with Crippen LogP contribution in [0.5, 0.6) is 5.75 Å². The van der Waals surface area contributed by atoms with Gasteiger partial charge in [-0.05, 0) is 18.9 Å². The topological polar surface area (TPSA) is 79.0 Å². The van der Waals surface area contributed by atoms with Crippen LogP contribution < -0.4 is 10.1 Å². The zero-order chi connectivity index (χ0) is 19.7. The van der Waals surface area contributed by atoms with Gasteiger partial charge in [0, 0.05) is 25.2 Å². The Morgan fingerprint density at radius 1 is 1.14 bits per heavy atom. The first-order chi connectivity index (χ1) is 13.6. The molecule has 4 rings (SSSR count). The molecule has 1 saturated carbocycles. The molecule has 8 heteroatoms. The van der Waals surface area contributed by atoms with Crippen LogP contribution in [0.2, 0.25) is 0 Å². The highest BCUT2D eigenvalue weighted by Crippen LogP contribution is 2.38. The van der Waals surface area contributed by atoms with Gasteiger partial charge >= 0.3 is 0 Å². The van der Waals surface area contributed by atoms with Gasteiger partial charge < -0.3 is 15.0 Å². The van der Waals surface area contributed by atoms with Crippen LogP contribution in [0.4, 0.5) is 0 Å². The number of nitrogens with one attached hydrogen (secondary N) is 1. The molecule has 29 heavy (non-hydrogen) atoms. The molecule has 3 unspecified atom stereocenters. The molecule has 3 fully saturated rings. The second-order valence-electron chi connectivity index (χ2n) is 7.81. The number of ether oxygens (including phenoxy) is 1. The second-order valence-corrected chi connectivity index (χ2v) is 7.81. The van der Waals surface area contributed by atoms with Gasteiger partial charge in [-0.25, -0.2) is 0 Å². The molecule has 3 amide bonds. The minimum atomic E-state index is -0.220. The minimum Gasteiger partial charge on any atom is -0.496 e. The predicted molar refractivity (Wildman–Crippen MR) is 110 cm³/mol. The molecule has 1 aliphatic carbocycles. The fourth-order valence-electron chi connectivity index (χ4n) is 4.84.